The molecule has 19 heavy (non-hydrogen) atoms. The summed E-state index contributed by atoms with van der Waals surface area (Å²) in [5.74, 6) is 0.570. The van der Waals surface area contributed by atoms with Gasteiger partial charge in [-0.2, -0.15) is 0 Å². The highest BCUT2D eigenvalue weighted by atomic mass is 35.5. The summed E-state index contributed by atoms with van der Waals surface area (Å²) < 4.78 is 0. The van der Waals surface area contributed by atoms with E-state index in [1.165, 1.54) is 11.1 Å². The summed E-state index contributed by atoms with van der Waals surface area (Å²) in [5, 5.41) is 4.23. The molecule has 0 aliphatic rings. The van der Waals surface area contributed by atoms with Crippen molar-refractivity contribution in [2.24, 2.45) is 0 Å². The second-order valence-corrected chi connectivity index (χ2v) is 5.63. The van der Waals surface area contributed by atoms with E-state index in [2.05, 4.69) is 55.6 Å². The Morgan fingerprint density at radius 2 is 1.74 bits per heavy atom. The van der Waals surface area contributed by atoms with Crippen molar-refractivity contribution >= 4 is 17.3 Å². The summed E-state index contributed by atoms with van der Waals surface area (Å²) in [7, 11) is 0. The van der Waals surface area contributed by atoms with Crippen LogP contribution >= 0.6 is 11.6 Å². The van der Waals surface area contributed by atoms with Crippen molar-refractivity contribution in [1.82, 2.24) is 0 Å². The summed E-state index contributed by atoms with van der Waals surface area (Å²) in [6.45, 7) is 7.21. The van der Waals surface area contributed by atoms with Crippen molar-refractivity contribution in [3.05, 3.63) is 64.2 Å². The molecule has 2 aromatic rings. The molecule has 1 nitrogen and oxygen atoms in total. The number of rotatable bonds is 4. The minimum Gasteiger partial charge on any atom is -0.381 e. The second kappa shape index (κ2) is 6.12. The molecule has 0 unspecified atom stereocenters. The van der Waals surface area contributed by atoms with Crippen LogP contribution in [0.2, 0.25) is 5.02 Å². The predicted octanol–water partition coefficient (Wildman–Crippen LogP) is 5.38. The van der Waals surface area contributed by atoms with E-state index in [-0.39, 0.29) is 0 Å². The third-order valence-electron chi connectivity index (χ3n) is 3.27. The zero-order valence-corrected chi connectivity index (χ0v) is 12.5. The first-order valence-corrected chi connectivity index (χ1v) is 7.03. The first-order chi connectivity index (χ1) is 9.06. The first-order valence-electron chi connectivity index (χ1n) is 6.65. The monoisotopic (exact) mass is 273 g/mol. The Labute approximate surface area is 120 Å². The molecule has 0 saturated carbocycles. The Kier molecular flexibility index (Phi) is 4.49. The summed E-state index contributed by atoms with van der Waals surface area (Å²) in [5.41, 5.74) is 4.80. The van der Waals surface area contributed by atoms with Gasteiger partial charge < -0.3 is 5.32 Å². The highest BCUT2D eigenvalue weighted by molar-refractivity contribution is 6.31. The van der Waals surface area contributed by atoms with E-state index >= 15 is 0 Å². The first kappa shape index (κ1) is 14.0. The number of aryl methyl sites for hydroxylation is 1. The number of hydrogen-bond donors (Lipinski definition) is 1. The Morgan fingerprint density at radius 3 is 2.32 bits per heavy atom. The average molecular weight is 274 g/mol. The Balaban J connectivity index is 2.02. The molecule has 0 spiro atoms. The van der Waals surface area contributed by atoms with E-state index in [4.69, 9.17) is 11.6 Å². The quantitative estimate of drug-likeness (QED) is 0.788. The Morgan fingerprint density at radius 1 is 1.05 bits per heavy atom. The van der Waals surface area contributed by atoms with Crippen LogP contribution in [-0.4, -0.2) is 0 Å². The van der Waals surface area contributed by atoms with Crippen LogP contribution < -0.4 is 5.32 Å². The molecule has 0 aliphatic carbocycles. The van der Waals surface area contributed by atoms with E-state index in [9.17, 15) is 0 Å². The molecular formula is C17H20ClN. The van der Waals surface area contributed by atoms with E-state index in [1.807, 2.05) is 13.0 Å². The minimum absolute atomic E-state index is 0.570. The van der Waals surface area contributed by atoms with Crippen molar-refractivity contribution in [1.29, 1.82) is 0 Å². The number of halogens is 1. The third-order valence-corrected chi connectivity index (χ3v) is 3.62. The lowest BCUT2D eigenvalue weighted by Crippen LogP contribution is -2.00. The minimum atomic E-state index is 0.570. The van der Waals surface area contributed by atoms with Gasteiger partial charge in [0.1, 0.15) is 0 Å². The maximum atomic E-state index is 6.22. The molecule has 1 N–H and O–H groups in total. The van der Waals surface area contributed by atoms with Gasteiger partial charge in [-0.3, -0.25) is 0 Å². The van der Waals surface area contributed by atoms with Crippen LogP contribution in [0.4, 0.5) is 5.69 Å². The van der Waals surface area contributed by atoms with Gasteiger partial charge in [0.2, 0.25) is 0 Å². The zero-order valence-electron chi connectivity index (χ0n) is 11.7. The van der Waals surface area contributed by atoms with Crippen molar-refractivity contribution in [3.63, 3.8) is 0 Å². The average Bonchev–Trinajstić information content (AvgIpc) is 2.38. The third kappa shape index (κ3) is 3.74. The maximum absolute atomic E-state index is 6.22. The van der Waals surface area contributed by atoms with Crippen LogP contribution in [0.15, 0.2) is 42.5 Å². The number of benzene rings is 2. The summed E-state index contributed by atoms with van der Waals surface area (Å²) >= 11 is 6.22. The van der Waals surface area contributed by atoms with E-state index in [0.29, 0.717) is 5.92 Å². The number of nitrogens with one attached hydrogen (secondary N) is 1. The molecule has 2 heteroatoms. The van der Waals surface area contributed by atoms with Crippen LogP contribution in [0.3, 0.4) is 0 Å². The zero-order chi connectivity index (χ0) is 13.8. The maximum Gasteiger partial charge on any atom is 0.0458 e. The molecule has 2 aromatic carbocycles. The highest BCUT2D eigenvalue weighted by Gasteiger charge is 2.02. The van der Waals surface area contributed by atoms with Crippen LogP contribution in [0.25, 0.3) is 0 Å². The largest absolute Gasteiger partial charge is 0.381 e. The second-order valence-electron chi connectivity index (χ2n) is 5.23. The van der Waals surface area contributed by atoms with E-state index in [0.717, 1.165) is 22.8 Å². The van der Waals surface area contributed by atoms with Gasteiger partial charge in [0.25, 0.3) is 0 Å². The van der Waals surface area contributed by atoms with Gasteiger partial charge >= 0.3 is 0 Å². The smallest absolute Gasteiger partial charge is 0.0458 e. The summed E-state index contributed by atoms with van der Waals surface area (Å²) in [4.78, 5) is 0. The molecule has 0 heterocycles. The lowest BCUT2D eigenvalue weighted by molar-refractivity contribution is 0.867. The van der Waals surface area contributed by atoms with Crippen LogP contribution in [0.5, 0.6) is 0 Å². The van der Waals surface area contributed by atoms with E-state index < -0.39 is 0 Å². The van der Waals surface area contributed by atoms with Gasteiger partial charge in [-0.1, -0.05) is 49.7 Å². The molecule has 0 radical (unpaired) electrons. The van der Waals surface area contributed by atoms with E-state index in [1.54, 1.807) is 0 Å². The van der Waals surface area contributed by atoms with Gasteiger partial charge in [0.15, 0.2) is 0 Å². The standard InChI is InChI=1S/C17H20ClN/c1-12(2)14-6-8-16(9-7-14)19-11-15-5-4-13(3)10-17(15)18/h4-10,12,19H,11H2,1-3H3. The van der Waals surface area contributed by atoms with Gasteiger partial charge in [-0.05, 0) is 47.7 Å². The van der Waals surface area contributed by atoms with Crippen LogP contribution in [0, 0.1) is 6.92 Å². The van der Waals surface area contributed by atoms with Crippen molar-refractivity contribution in [2.75, 3.05) is 5.32 Å². The van der Waals surface area contributed by atoms with Crippen molar-refractivity contribution < 1.29 is 0 Å². The molecule has 0 saturated heterocycles. The van der Waals surface area contributed by atoms with Crippen molar-refractivity contribution in [3.8, 4) is 0 Å². The fraction of sp³-hybridized carbons (Fsp3) is 0.294. The Hall–Kier alpha value is -1.47. The molecule has 2 rings (SSSR count). The van der Waals surface area contributed by atoms with Gasteiger partial charge in [-0.15, -0.1) is 0 Å². The molecule has 0 fully saturated rings. The fourth-order valence-electron chi connectivity index (χ4n) is 1.98. The lowest BCUT2D eigenvalue weighted by Gasteiger charge is -2.10. The van der Waals surface area contributed by atoms with Crippen LogP contribution in [0.1, 0.15) is 36.5 Å². The highest BCUT2D eigenvalue weighted by Crippen LogP contribution is 2.20. The van der Waals surface area contributed by atoms with Gasteiger partial charge in [-0.25, -0.2) is 0 Å². The predicted molar refractivity (Wildman–Crippen MR) is 84.0 cm³/mol. The number of anilines is 1. The summed E-state index contributed by atoms with van der Waals surface area (Å²) in [6, 6.07) is 14.8. The molecule has 100 valence electrons. The van der Waals surface area contributed by atoms with Gasteiger partial charge in [0, 0.05) is 17.3 Å². The topological polar surface area (TPSA) is 12.0 Å². The van der Waals surface area contributed by atoms with Gasteiger partial charge in [0.05, 0.1) is 0 Å². The summed E-state index contributed by atoms with van der Waals surface area (Å²) in [6.07, 6.45) is 0. The molecule has 0 amide bonds. The molecule has 0 bridgehead atoms. The van der Waals surface area contributed by atoms with Crippen molar-refractivity contribution in [2.45, 2.75) is 33.2 Å². The molecule has 0 aliphatic heterocycles. The Bertz CT molecular complexity index is 544. The molecule has 0 aromatic heterocycles. The SMILES string of the molecule is Cc1ccc(CNc2ccc(C(C)C)cc2)c(Cl)c1. The normalized spacial score (nSPS) is 10.8. The number of hydrogen-bond acceptors (Lipinski definition) is 1. The lowest BCUT2D eigenvalue weighted by atomic mass is 10.0. The molecule has 0 atom stereocenters. The van der Waals surface area contributed by atoms with Crippen LogP contribution in [-0.2, 0) is 6.54 Å². The molecular weight excluding hydrogens is 254 g/mol. The fourth-order valence-corrected chi connectivity index (χ4v) is 2.28.